The summed E-state index contributed by atoms with van der Waals surface area (Å²) in [6, 6.07) is 15.9. The van der Waals surface area contributed by atoms with Gasteiger partial charge < -0.3 is 20.5 Å². The molecule has 7 heteroatoms. The molecule has 0 radical (unpaired) electrons. The largest absolute Gasteiger partial charge is 0.480 e. The van der Waals surface area contributed by atoms with Gasteiger partial charge in [-0.05, 0) is 47.9 Å². The quantitative estimate of drug-likeness (QED) is 0.482. The highest BCUT2D eigenvalue weighted by Gasteiger charge is 2.38. The molecule has 0 fully saturated rings. The summed E-state index contributed by atoms with van der Waals surface area (Å²) in [4.78, 5) is 37.2. The number of alkyl carbamates (subject to hydrolysis) is 1. The Bertz CT molecular complexity index is 1090. The van der Waals surface area contributed by atoms with Gasteiger partial charge in [0, 0.05) is 11.8 Å². The summed E-state index contributed by atoms with van der Waals surface area (Å²) in [5.74, 6) is -1.79. The van der Waals surface area contributed by atoms with Crippen molar-refractivity contribution in [2.75, 3.05) is 6.61 Å². The van der Waals surface area contributed by atoms with Crippen molar-refractivity contribution >= 4 is 18.0 Å². The van der Waals surface area contributed by atoms with E-state index in [-0.39, 0.29) is 24.5 Å². The summed E-state index contributed by atoms with van der Waals surface area (Å²) in [5.41, 5.74) is 3.35. The van der Waals surface area contributed by atoms with Gasteiger partial charge in [0.1, 0.15) is 12.1 Å². The predicted molar refractivity (Wildman–Crippen MR) is 133 cm³/mol. The van der Waals surface area contributed by atoms with Crippen LogP contribution in [0.2, 0.25) is 0 Å². The molecule has 2 unspecified atom stereocenters. The van der Waals surface area contributed by atoms with Crippen LogP contribution >= 0.6 is 0 Å². The van der Waals surface area contributed by atoms with E-state index < -0.39 is 23.5 Å². The number of benzene rings is 2. The first-order valence-electron chi connectivity index (χ1n) is 12.2. The number of hydrogen-bond donors (Lipinski definition) is 3. The molecular weight excluding hydrogens is 444 g/mol. The van der Waals surface area contributed by atoms with E-state index in [1.165, 1.54) is 0 Å². The second kappa shape index (κ2) is 10.3. The number of amides is 2. The lowest BCUT2D eigenvalue weighted by molar-refractivity contribution is -0.148. The third-order valence-corrected chi connectivity index (χ3v) is 7.32. The molecule has 0 heterocycles. The summed E-state index contributed by atoms with van der Waals surface area (Å²) >= 11 is 0. The summed E-state index contributed by atoms with van der Waals surface area (Å²) < 4.78 is 5.62. The standard InChI is InChI=1S/C28H32N2O5/c1-3-28(4-2,26(32)33)30-25(31)18-10-9-11-19(16-18)29-27(34)35-17-24-22-14-7-5-12-20(22)21-13-6-8-15-23(21)24/h5-9,11-15,18-19,24H,3-4,10,16-17H2,1-2H3,(H,29,34)(H,30,31)(H,32,33). The predicted octanol–water partition coefficient (Wildman–Crippen LogP) is 4.62. The number of carbonyl (C=O) groups is 3. The van der Waals surface area contributed by atoms with Crippen LogP contribution in [0.5, 0.6) is 0 Å². The van der Waals surface area contributed by atoms with Gasteiger partial charge in [-0.2, -0.15) is 0 Å². The molecule has 4 rings (SSSR count). The van der Waals surface area contributed by atoms with Gasteiger partial charge in [-0.25, -0.2) is 9.59 Å². The fourth-order valence-corrected chi connectivity index (χ4v) is 5.12. The van der Waals surface area contributed by atoms with Gasteiger partial charge in [0.05, 0.1) is 6.04 Å². The number of carboxylic acids is 1. The van der Waals surface area contributed by atoms with Gasteiger partial charge in [0.15, 0.2) is 0 Å². The second-order valence-electron chi connectivity index (χ2n) is 9.26. The molecule has 2 aliphatic carbocycles. The Hall–Kier alpha value is -3.61. The average molecular weight is 477 g/mol. The van der Waals surface area contributed by atoms with Crippen molar-refractivity contribution in [2.24, 2.45) is 5.92 Å². The molecular formula is C28H32N2O5. The third-order valence-electron chi connectivity index (χ3n) is 7.32. The van der Waals surface area contributed by atoms with Crippen LogP contribution in [0.4, 0.5) is 4.79 Å². The van der Waals surface area contributed by atoms with Crippen LogP contribution in [0.15, 0.2) is 60.7 Å². The van der Waals surface area contributed by atoms with Crippen molar-refractivity contribution in [1.82, 2.24) is 10.6 Å². The zero-order chi connectivity index (χ0) is 25.0. The maximum absolute atomic E-state index is 12.8. The molecule has 0 saturated carbocycles. The molecule has 2 aliphatic rings. The maximum Gasteiger partial charge on any atom is 0.407 e. The topological polar surface area (TPSA) is 105 Å². The Balaban J connectivity index is 1.35. The number of carbonyl (C=O) groups excluding carboxylic acids is 2. The Kier molecular flexibility index (Phi) is 7.24. The van der Waals surface area contributed by atoms with Crippen LogP contribution in [0.1, 0.15) is 56.6 Å². The van der Waals surface area contributed by atoms with E-state index in [4.69, 9.17) is 4.74 Å². The monoisotopic (exact) mass is 476 g/mol. The normalized spacial score (nSPS) is 18.9. The van der Waals surface area contributed by atoms with Crippen molar-refractivity contribution in [3.05, 3.63) is 71.8 Å². The molecule has 184 valence electrons. The number of aliphatic carboxylic acids is 1. The van der Waals surface area contributed by atoms with Crippen LogP contribution in [0, 0.1) is 5.92 Å². The highest BCUT2D eigenvalue weighted by molar-refractivity contribution is 5.88. The van der Waals surface area contributed by atoms with Crippen molar-refractivity contribution in [2.45, 2.75) is 57.0 Å². The van der Waals surface area contributed by atoms with E-state index in [0.29, 0.717) is 25.7 Å². The maximum atomic E-state index is 12.8. The first kappa shape index (κ1) is 24.5. The van der Waals surface area contributed by atoms with Crippen LogP contribution in [-0.4, -0.2) is 41.3 Å². The van der Waals surface area contributed by atoms with E-state index in [1.807, 2.05) is 36.4 Å². The van der Waals surface area contributed by atoms with Crippen molar-refractivity contribution < 1.29 is 24.2 Å². The summed E-state index contributed by atoms with van der Waals surface area (Å²) in [6.07, 6.45) is 4.65. The van der Waals surface area contributed by atoms with Crippen LogP contribution in [0.3, 0.4) is 0 Å². The minimum atomic E-state index is -1.27. The van der Waals surface area contributed by atoms with Gasteiger partial charge in [-0.3, -0.25) is 4.79 Å². The zero-order valence-corrected chi connectivity index (χ0v) is 20.1. The van der Waals surface area contributed by atoms with E-state index >= 15 is 0 Å². The van der Waals surface area contributed by atoms with Crippen molar-refractivity contribution in [3.63, 3.8) is 0 Å². The number of rotatable bonds is 8. The smallest absolute Gasteiger partial charge is 0.407 e. The average Bonchev–Trinajstić information content (AvgIpc) is 3.19. The zero-order valence-electron chi connectivity index (χ0n) is 20.1. The van der Waals surface area contributed by atoms with Crippen LogP contribution in [-0.2, 0) is 14.3 Å². The highest BCUT2D eigenvalue weighted by atomic mass is 16.5. The molecule has 2 aromatic carbocycles. The highest BCUT2D eigenvalue weighted by Crippen LogP contribution is 2.44. The Morgan fingerprint density at radius 2 is 1.60 bits per heavy atom. The first-order chi connectivity index (χ1) is 16.9. The van der Waals surface area contributed by atoms with Gasteiger partial charge in [0.25, 0.3) is 0 Å². The SMILES string of the molecule is CCC(CC)(NC(=O)C1CC=CC(NC(=O)OCC2c3ccccc3-c3ccccc32)C1)C(=O)O. The molecule has 0 bridgehead atoms. The molecule has 0 aromatic heterocycles. The molecule has 7 nitrogen and oxygen atoms in total. The number of carboxylic acid groups (broad SMARTS) is 1. The minimum Gasteiger partial charge on any atom is -0.480 e. The van der Waals surface area contributed by atoms with Crippen LogP contribution < -0.4 is 10.6 Å². The lowest BCUT2D eigenvalue weighted by atomic mass is 9.87. The molecule has 0 aliphatic heterocycles. The molecule has 2 aromatic rings. The first-order valence-corrected chi connectivity index (χ1v) is 12.2. The van der Waals surface area contributed by atoms with E-state index in [2.05, 4.69) is 34.9 Å². The fraction of sp³-hybridized carbons (Fsp3) is 0.393. The van der Waals surface area contributed by atoms with Gasteiger partial charge >= 0.3 is 12.1 Å². The summed E-state index contributed by atoms with van der Waals surface area (Å²) in [5, 5.41) is 15.2. The Morgan fingerprint density at radius 1 is 1.00 bits per heavy atom. The Labute approximate surface area is 205 Å². The number of hydrogen-bond acceptors (Lipinski definition) is 4. The minimum absolute atomic E-state index is 0.0270. The summed E-state index contributed by atoms with van der Waals surface area (Å²) in [7, 11) is 0. The van der Waals surface area contributed by atoms with Crippen LogP contribution in [0.25, 0.3) is 11.1 Å². The van der Waals surface area contributed by atoms with Crippen molar-refractivity contribution in [1.29, 1.82) is 0 Å². The Morgan fingerprint density at radius 3 is 2.17 bits per heavy atom. The molecule has 2 atom stereocenters. The van der Waals surface area contributed by atoms with Gasteiger partial charge in [0.2, 0.25) is 5.91 Å². The fourth-order valence-electron chi connectivity index (χ4n) is 5.12. The lowest BCUT2D eigenvalue weighted by Crippen LogP contribution is -2.55. The molecule has 35 heavy (non-hydrogen) atoms. The number of allylic oxidation sites excluding steroid dienone is 1. The number of fused-ring (bicyclic) bond motifs is 3. The van der Waals surface area contributed by atoms with E-state index in [1.54, 1.807) is 13.8 Å². The second-order valence-corrected chi connectivity index (χ2v) is 9.26. The molecule has 0 spiro atoms. The lowest BCUT2D eigenvalue weighted by Gasteiger charge is -2.32. The molecule has 0 saturated heterocycles. The number of nitrogens with one attached hydrogen (secondary N) is 2. The summed E-state index contributed by atoms with van der Waals surface area (Å²) in [6.45, 7) is 3.72. The molecule has 2 amide bonds. The number of ether oxygens (including phenoxy) is 1. The van der Waals surface area contributed by atoms with Gasteiger partial charge in [-0.15, -0.1) is 0 Å². The van der Waals surface area contributed by atoms with E-state index in [0.717, 1.165) is 22.3 Å². The third kappa shape index (κ3) is 4.94. The molecule has 3 N–H and O–H groups in total. The van der Waals surface area contributed by atoms with Crippen molar-refractivity contribution in [3.8, 4) is 11.1 Å². The van der Waals surface area contributed by atoms with E-state index in [9.17, 15) is 19.5 Å². The van der Waals surface area contributed by atoms with Gasteiger partial charge in [-0.1, -0.05) is 74.5 Å².